The highest BCUT2D eigenvalue weighted by Crippen LogP contribution is 2.09. The Morgan fingerprint density at radius 3 is 3.00 bits per heavy atom. The Balaban J connectivity index is 2.68. The Hall–Kier alpha value is -1.23. The maximum atomic E-state index is 11.9. The molecule has 1 amide bonds. The molecule has 0 bridgehead atoms. The number of nitrogens with two attached hydrogens (primary N) is 1. The lowest BCUT2D eigenvalue weighted by molar-refractivity contribution is 0.0940. The maximum absolute atomic E-state index is 11.9. The van der Waals surface area contributed by atoms with E-state index < -0.39 is 0 Å². The third-order valence-electron chi connectivity index (χ3n) is 2.30. The van der Waals surface area contributed by atoms with Gasteiger partial charge < -0.3 is 11.1 Å². The van der Waals surface area contributed by atoms with Crippen LogP contribution in [0.4, 0.5) is 5.69 Å². The van der Waals surface area contributed by atoms with Crippen LogP contribution < -0.4 is 11.1 Å². The van der Waals surface area contributed by atoms with Crippen molar-refractivity contribution >= 4 is 23.4 Å². The highest BCUT2D eigenvalue weighted by Gasteiger charge is 2.13. The molecule has 0 saturated carbocycles. The second-order valence-corrected chi connectivity index (χ2v) is 4.41. The number of nitrogen functional groups attached to an aromatic ring is 1. The largest absolute Gasteiger partial charge is 0.398 e. The third-order valence-corrected chi connectivity index (χ3v) is 3.03. The molecule has 1 atom stereocenters. The second kappa shape index (κ2) is 6.37. The highest BCUT2D eigenvalue weighted by molar-refractivity contribution is 7.98. The van der Waals surface area contributed by atoms with Gasteiger partial charge in [0.15, 0.2) is 0 Å². The standard InChI is InChI=1S/C11H17N3OS/c1-3-8(7-16-2)14-11(15)9-6-13-5-4-10(9)12/h4-6,8H,3,7H2,1-2H3,(H2,12,13)(H,14,15). The second-order valence-electron chi connectivity index (χ2n) is 3.50. The molecule has 3 N–H and O–H groups in total. The minimum Gasteiger partial charge on any atom is -0.398 e. The fraction of sp³-hybridized carbons (Fsp3) is 0.455. The predicted molar refractivity (Wildman–Crippen MR) is 68.6 cm³/mol. The lowest BCUT2D eigenvalue weighted by atomic mass is 10.2. The number of amides is 1. The maximum Gasteiger partial charge on any atom is 0.255 e. The van der Waals surface area contributed by atoms with Gasteiger partial charge in [-0.1, -0.05) is 6.92 Å². The summed E-state index contributed by atoms with van der Waals surface area (Å²) >= 11 is 1.71. The van der Waals surface area contributed by atoms with Crippen LogP contribution in [0.3, 0.4) is 0 Å². The van der Waals surface area contributed by atoms with E-state index in [1.807, 2.05) is 13.2 Å². The highest BCUT2D eigenvalue weighted by atomic mass is 32.2. The van der Waals surface area contributed by atoms with Gasteiger partial charge in [-0.3, -0.25) is 9.78 Å². The molecule has 0 aliphatic carbocycles. The van der Waals surface area contributed by atoms with E-state index in [1.54, 1.807) is 24.0 Å². The van der Waals surface area contributed by atoms with Gasteiger partial charge in [0, 0.05) is 29.9 Å². The Kier molecular flexibility index (Phi) is 5.11. The molecule has 1 unspecified atom stereocenters. The molecule has 0 fully saturated rings. The molecule has 88 valence electrons. The van der Waals surface area contributed by atoms with Crippen molar-refractivity contribution in [1.82, 2.24) is 10.3 Å². The van der Waals surface area contributed by atoms with Crippen LogP contribution in [-0.2, 0) is 0 Å². The average Bonchev–Trinajstić information content (AvgIpc) is 2.28. The molecule has 0 saturated heterocycles. The first-order chi connectivity index (χ1) is 7.69. The van der Waals surface area contributed by atoms with Crippen LogP contribution in [0.5, 0.6) is 0 Å². The van der Waals surface area contributed by atoms with E-state index in [0.717, 1.165) is 12.2 Å². The van der Waals surface area contributed by atoms with Crippen LogP contribution in [0.1, 0.15) is 23.7 Å². The first-order valence-electron chi connectivity index (χ1n) is 5.18. The number of thioether (sulfide) groups is 1. The van der Waals surface area contributed by atoms with E-state index in [4.69, 9.17) is 5.73 Å². The molecule has 4 nitrogen and oxygen atoms in total. The lowest BCUT2D eigenvalue weighted by Gasteiger charge is -2.16. The van der Waals surface area contributed by atoms with Crippen LogP contribution >= 0.6 is 11.8 Å². The van der Waals surface area contributed by atoms with Crippen molar-refractivity contribution in [3.63, 3.8) is 0 Å². The molecule has 0 aromatic carbocycles. The van der Waals surface area contributed by atoms with Gasteiger partial charge in [-0.05, 0) is 18.7 Å². The summed E-state index contributed by atoms with van der Waals surface area (Å²) in [5.74, 6) is 0.758. The molecular formula is C11H17N3OS. The van der Waals surface area contributed by atoms with E-state index >= 15 is 0 Å². The normalized spacial score (nSPS) is 12.1. The molecule has 0 radical (unpaired) electrons. The van der Waals surface area contributed by atoms with Gasteiger partial charge in [0.1, 0.15) is 0 Å². The van der Waals surface area contributed by atoms with Gasteiger partial charge in [0.05, 0.1) is 5.56 Å². The van der Waals surface area contributed by atoms with Crippen molar-refractivity contribution in [2.45, 2.75) is 19.4 Å². The van der Waals surface area contributed by atoms with Crippen molar-refractivity contribution in [1.29, 1.82) is 0 Å². The Morgan fingerprint density at radius 2 is 2.44 bits per heavy atom. The van der Waals surface area contributed by atoms with Gasteiger partial charge in [0.25, 0.3) is 5.91 Å². The fourth-order valence-corrected chi connectivity index (χ4v) is 2.04. The number of rotatable bonds is 5. The monoisotopic (exact) mass is 239 g/mol. The Morgan fingerprint density at radius 1 is 1.69 bits per heavy atom. The van der Waals surface area contributed by atoms with Crippen molar-refractivity contribution in [3.8, 4) is 0 Å². The summed E-state index contributed by atoms with van der Waals surface area (Å²) < 4.78 is 0. The number of pyridine rings is 1. The number of carbonyl (C=O) groups excluding carboxylic acids is 1. The topological polar surface area (TPSA) is 68.0 Å². The first-order valence-corrected chi connectivity index (χ1v) is 6.57. The number of hydrogen-bond acceptors (Lipinski definition) is 4. The van der Waals surface area contributed by atoms with E-state index in [-0.39, 0.29) is 11.9 Å². The molecule has 1 aromatic heterocycles. The quantitative estimate of drug-likeness (QED) is 0.817. The van der Waals surface area contributed by atoms with Gasteiger partial charge in [-0.25, -0.2) is 0 Å². The van der Waals surface area contributed by atoms with Crippen molar-refractivity contribution in [3.05, 3.63) is 24.0 Å². The number of hydrogen-bond donors (Lipinski definition) is 2. The van der Waals surface area contributed by atoms with E-state index in [2.05, 4.69) is 10.3 Å². The summed E-state index contributed by atoms with van der Waals surface area (Å²) in [5.41, 5.74) is 6.62. The fourth-order valence-electron chi connectivity index (χ4n) is 1.32. The zero-order valence-corrected chi connectivity index (χ0v) is 10.4. The van der Waals surface area contributed by atoms with Gasteiger partial charge >= 0.3 is 0 Å². The summed E-state index contributed by atoms with van der Waals surface area (Å²) in [6.07, 6.45) is 6.00. The molecule has 1 aromatic rings. The van der Waals surface area contributed by atoms with Crippen LogP contribution in [0, 0.1) is 0 Å². The zero-order chi connectivity index (χ0) is 12.0. The van der Waals surface area contributed by atoms with Crippen LogP contribution in [0.2, 0.25) is 0 Å². The predicted octanol–water partition coefficient (Wildman–Crippen LogP) is 1.54. The average molecular weight is 239 g/mol. The smallest absolute Gasteiger partial charge is 0.255 e. The molecule has 16 heavy (non-hydrogen) atoms. The molecule has 0 aliphatic heterocycles. The number of anilines is 1. The number of aromatic nitrogens is 1. The molecule has 1 rings (SSSR count). The molecule has 5 heteroatoms. The molecule has 0 spiro atoms. The Bertz CT molecular complexity index is 357. The number of carbonyl (C=O) groups is 1. The summed E-state index contributed by atoms with van der Waals surface area (Å²) in [7, 11) is 0. The summed E-state index contributed by atoms with van der Waals surface area (Å²) in [5, 5.41) is 2.94. The Labute approximate surface area is 100 Å². The van der Waals surface area contributed by atoms with Crippen molar-refractivity contribution in [2.24, 2.45) is 0 Å². The van der Waals surface area contributed by atoms with Gasteiger partial charge in [-0.15, -0.1) is 0 Å². The lowest BCUT2D eigenvalue weighted by Crippen LogP contribution is -2.36. The minimum atomic E-state index is -0.147. The van der Waals surface area contributed by atoms with E-state index in [1.165, 1.54) is 6.20 Å². The molecule has 0 aliphatic rings. The summed E-state index contributed by atoms with van der Waals surface area (Å²) in [6.45, 7) is 2.05. The molecular weight excluding hydrogens is 222 g/mol. The zero-order valence-electron chi connectivity index (χ0n) is 9.56. The van der Waals surface area contributed by atoms with Crippen LogP contribution in [0.25, 0.3) is 0 Å². The molecule has 1 heterocycles. The van der Waals surface area contributed by atoms with Crippen molar-refractivity contribution < 1.29 is 4.79 Å². The van der Waals surface area contributed by atoms with Gasteiger partial charge in [-0.2, -0.15) is 11.8 Å². The number of nitrogens with one attached hydrogen (secondary N) is 1. The minimum absolute atomic E-state index is 0.147. The SMILES string of the molecule is CCC(CSC)NC(=O)c1cnccc1N. The third kappa shape index (κ3) is 3.41. The summed E-state index contributed by atoms with van der Waals surface area (Å²) in [4.78, 5) is 15.8. The van der Waals surface area contributed by atoms with Crippen molar-refractivity contribution in [2.75, 3.05) is 17.7 Å². The number of nitrogens with zero attached hydrogens (tertiary/aromatic N) is 1. The van der Waals surface area contributed by atoms with Gasteiger partial charge in [0.2, 0.25) is 0 Å². The van der Waals surface area contributed by atoms with E-state index in [0.29, 0.717) is 11.3 Å². The van der Waals surface area contributed by atoms with Crippen LogP contribution in [0.15, 0.2) is 18.5 Å². The van der Waals surface area contributed by atoms with E-state index in [9.17, 15) is 4.79 Å². The summed E-state index contributed by atoms with van der Waals surface area (Å²) in [6, 6.07) is 1.81. The first kappa shape index (κ1) is 12.8. The van der Waals surface area contributed by atoms with Crippen LogP contribution in [-0.4, -0.2) is 28.9 Å².